The smallest absolute Gasteiger partial charge is 0.278 e. The number of rotatable bonds is 6. The second-order valence-corrected chi connectivity index (χ2v) is 6.98. The molecule has 0 unspecified atom stereocenters. The van der Waals surface area contributed by atoms with Crippen LogP contribution in [0.2, 0.25) is 0 Å². The van der Waals surface area contributed by atoms with Gasteiger partial charge < -0.3 is 4.90 Å². The van der Waals surface area contributed by atoms with E-state index in [2.05, 4.69) is 4.98 Å². The summed E-state index contributed by atoms with van der Waals surface area (Å²) < 4.78 is 0. The SMILES string of the molecule is CN(Cc1ccccc1)C1=C(c2ccccc2)C(=O)N(Cc2ccncc2)C1=O. The second kappa shape index (κ2) is 8.10. The van der Waals surface area contributed by atoms with Gasteiger partial charge in [-0.25, -0.2) is 0 Å². The largest absolute Gasteiger partial charge is 0.365 e. The quantitative estimate of drug-likeness (QED) is 0.612. The summed E-state index contributed by atoms with van der Waals surface area (Å²) in [6, 6.07) is 22.9. The van der Waals surface area contributed by atoms with Crippen LogP contribution in [0, 0.1) is 0 Å². The van der Waals surface area contributed by atoms with Gasteiger partial charge in [0.1, 0.15) is 5.70 Å². The monoisotopic (exact) mass is 383 g/mol. The van der Waals surface area contributed by atoms with Crippen LogP contribution in [-0.4, -0.2) is 33.6 Å². The molecule has 1 aromatic heterocycles. The third-order valence-electron chi connectivity index (χ3n) is 4.94. The first-order valence-electron chi connectivity index (χ1n) is 9.45. The van der Waals surface area contributed by atoms with E-state index in [1.165, 1.54) is 4.90 Å². The molecule has 0 N–H and O–H groups in total. The van der Waals surface area contributed by atoms with Crippen LogP contribution < -0.4 is 0 Å². The Morgan fingerprint density at radius 3 is 2.07 bits per heavy atom. The number of carbonyl (C=O) groups is 2. The Balaban J connectivity index is 1.71. The van der Waals surface area contributed by atoms with E-state index in [0.717, 1.165) is 16.7 Å². The summed E-state index contributed by atoms with van der Waals surface area (Å²) >= 11 is 0. The average molecular weight is 383 g/mol. The van der Waals surface area contributed by atoms with Crippen LogP contribution in [0.1, 0.15) is 16.7 Å². The first-order chi connectivity index (χ1) is 14.1. The standard InChI is InChI=1S/C24H21N3O2/c1-26(16-18-8-4-2-5-9-18)22-21(20-10-6-3-7-11-20)23(28)27(24(22)29)17-19-12-14-25-15-13-19/h2-15H,16-17H2,1H3. The summed E-state index contributed by atoms with van der Waals surface area (Å²) in [6.45, 7) is 0.758. The number of amides is 2. The predicted molar refractivity (Wildman–Crippen MR) is 111 cm³/mol. The summed E-state index contributed by atoms with van der Waals surface area (Å²) in [5, 5.41) is 0. The van der Waals surface area contributed by atoms with Crippen LogP contribution in [0.5, 0.6) is 0 Å². The zero-order valence-electron chi connectivity index (χ0n) is 16.2. The summed E-state index contributed by atoms with van der Waals surface area (Å²) in [4.78, 5) is 33.8. The molecule has 1 aliphatic rings. The van der Waals surface area contributed by atoms with E-state index >= 15 is 0 Å². The van der Waals surface area contributed by atoms with Crippen molar-refractivity contribution in [3.63, 3.8) is 0 Å². The summed E-state index contributed by atoms with van der Waals surface area (Å²) in [7, 11) is 1.85. The molecule has 2 aromatic carbocycles. The topological polar surface area (TPSA) is 53.5 Å². The van der Waals surface area contributed by atoms with Gasteiger partial charge in [-0.1, -0.05) is 60.7 Å². The van der Waals surface area contributed by atoms with Gasteiger partial charge in [-0.05, 0) is 28.8 Å². The fourth-order valence-corrected chi connectivity index (χ4v) is 3.53. The maximum Gasteiger partial charge on any atom is 0.278 e. The van der Waals surface area contributed by atoms with Gasteiger partial charge in [-0.3, -0.25) is 19.5 Å². The van der Waals surface area contributed by atoms with Crippen LogP contribution in [0.25, 0.3) is 5.57 Å². The van der Waals surface area contributed by atoms with Crippen LogP contribution >= 0.6 is 0 Å². The molecule has 0 atom stereocenters. The first kappa shape index (κ1) is 18.6. The molecule has 2 amide bonds. The van der Waals surface area contributed by atoms with Crippen molar-refractivity contribution in [2.75, 3.05) is 7.05 Å². The van der Waals surface area contributed by atoms with Crippen molar-refractivity contribution >= 4 is 17.4 Å². The minimum Gasteiger partial charge on any atom is -0.365 e. The molecular formula is C24H21N3O2. The van der Waals surface area contributed by atoms with Gasteiger partial charge in [0.15, 0.2) is 0 Å². The number of aromatic nitrogens is 1. The molecule has 2 heterocycles. The molecule has 3 aromatic rings. The van der Waals surface area contributed by atoms with Gasteiger partial charge >= 0.3 is 0 Å². The highest BCUT2D eigenvalue weighted by Crippen LogP contribution is 2.32. The highest BCUT2D eigenvalue weighted by Gasteiger charge is 2.40. The van der Waals surface area contributed by atoms with Gasteiger partial charge in [0, 0.05) is 26.0 Å². The minimum atomic E-state index is -0.274. The summed E-state index contributed by atoms with van der Waals surface area (Å²) in [5.41, 5.74) is 3.56. The molecular weight excluding hydrogens is 362 g/mol. The number of likely N-dealkylation sites (N-methyl/N-ethyl adjacent to an activating group) is 1. The number of hydrogen-bond donors (Lipinski definition) is 0. The lowest BCUT2D eigenvalue weighted by molar-refractivity contribution is -0.138. The molecule has 4 rings (SSSR count). The summed E-state index contributed by atoms with van der Waals surface area (Å²) in [6.07, 6.45) is 3.32. The first-order valence-corrected chi connectivity index (χ1v) is 9.45. The van der Waals surface area contributed by atoms with Crippen LogP contribution in [-0.2, 0) is 22.7 Å². The molecule has 144 valence electrons. The Kier molecular flexibility index (Phi) is 5.20. The van der Waals surface area contributed by atoms with Crippen molar-refractivity contribution in [1.29, 1.82) is 0 Å². The lowest BCUT2D eigenvalue weighted by atomic mass is 10.0. The van der Waals surface area contributed by atoms with Crippen molar-refractivity contribution in [2.45, 2.75) is 13.1 Å². The van der Waals surface area contributed by atoms with Gasteiger partial charge in [0.2, 0.25) is 0 Å². The summed E-state index contributed by atoms with van der Waals surface area (Å²) in [5.74, 6) is -0.544. The Morgan fingerprint density at radius 1 is 0.793 bits per heavy atom. The Labute approximate surface area is 169 Å². The van der Waals surface area contributed by atoms with Crippen molar-refractivity contribution in [3.8, 4) is 0 Å². The van der Waals surface area contributed by atoms with E-state index in [0.29, 0.717) is 17.8 Å². The van der Waals surface area contributed by atoms with Crippen LogP contribution in [0.3, 0.4) is 0 Å². The molecule has 0 aliphatic carbocycles. The Bertz CT molecular complexity index is 1050. The number of imide groups is 1. The second-order valence-electron chi connectivity index (χ2n) is 6.98. The predicted octanol–water partition coefficient (Wildman–Crippen LogP) is 3.49. The third-order valence-corrected chi connectivity index (χ3v) is 4.94. The third kappa shape index (κ3) is 3.80. The van der Waals surface area contributed by atoms with Crippen molar-refractivity contribution in [2.24, 2.45) is 0 Å². The molecule has 0 spiro atoms. The van der Waals surface area contributed by atoms with E-state index in [4.69, 9.17) is 0 Å². The minimum absolute atomic E-state index is 0.221. The van der Waals surface area contributed by atoms with E-state index in [1.807, 2.05) is 84.7 Å². The zero-order valence-corrected chi connectivity index (χ0v) is 16.2. The van der Waals surface area contributed by atoms with Gasteiger partial charge in [0.25, 0.3) is 11.8 Å². The highest BCUT2D eigenvalue weighted by atomic mass is 16.2. The fraction of sp³-hybridized carbons (Fsp3) is 0.125. The Morgan fingerprint density at radius 2 is 1.41 bits per heavy atom. The van der Waals surface area contributed by atoms with E-state index < -0.39 is 0 Å². The number of benzene rings is 2. The van der Waals surface area contributed by atoms with E-state index in [9.17, 15) is 9.59 Å². The molecule has 5 nitrogen and oxygen atoms in total. The number of carbonyl (C=O) groups excluding carboxylic acids is 2. The lowest BCUT2D eigenvalue weighted by Gasteiger charge is -2.21. The van der Waals surface area contributed by atoms with E-state index in [-0.39, 0.29) is 18.4 Å². The van der Waals surface area contributed by atoms with Crippen molar-refractivity contribution in [3.05, 3.63) is 108 Å². The molecule has 0 radical (unpaired) electrons. The fourth-order valence-electron chi connectivity index (χ4n) is 3.53. The highest BCUT2D eigenvalue weighted by molar-refractivity contribution is 6.35. The zero-order chi connectivity index (χ0) is 20.2. The molecule has 0 saturated carbocycles. The van der Waals surface area contributed by atoms with E-state index in [1.54, 1.807) is 12.4 Å². The molecule has 1 aliphatic heterocycles. The number of hydrogen-bond acceptors (Lipinski definition) is 4. The normalized spacial score (nSPS) is 13.9. The molecule has 29 heavy (non-hydrogen) atoms. The van der Waals surface area contributed by atoms with Gasteiger partial charge in [0.05, 0.1) is 12.1 Å². The number of pyridine rings is 1. The molecule has 5 heteroatoms. The maximum absolute atomic E-state index is 13.3. The lowest BCUT2D eigenvalue weighted by Crippen LogP contribution is -2.33. The van der Waals surface area contributed by atoms with Crippen LogP contribution in [0.15, 0.2) is 90.9 Å². The van der Waals surface area contributed by atoms with Gasteiger partial charge in [-0.15, -0.1) is 0 Å². The molecule has 0 fully saturated rings. The van der Waals surface area contributed by atoms with Crippen molar-refractivity contribution < 1.29 is 9.59 Å². The van der Waals surface area contributed by atoms with Crippen LogP contribution in [0.4, 0.5) is 0 Å². The van der Waals surface area contributed by atoms with Gasteiger partial charge in [-0.2, -0.15) is 0 Å². The number of nitrogens with zero attached hydrogens (tertiary/aromatic N) is 3. The average Bonchev–Trinajstić information content (AvgIpc) is 3.00. The maximum atomic E-state index is 13.3. The molecule has 0 bridgehead atoms. The Hall–Kier alpha value is -3.73. The molecule has 0 saturated heterocycles. The van der Waals surface area contributed by atoms with Crippen molar-refractivity contribution in [1.82, 2.24) is 14.8 Å².